The number of aliphatic hydroxyl groups is 2. The van der Waals surface area contributed by atoms with E-state index in [2.05, 4.69) is 5.10 Å². The Morgan fingerprint density at radius 1 is 1.16 bits per heavy atom. The molecule has 0 fully saturated rings. The molecule has 0 aliphatic carbocycles. The maximum Gasteiger partial charge on any atom is 0.161 e. The van der Waals surface area contributed by atoms with E-state index in [9.17, 15) is 5.11 Å². The SMILES string of the molecule is COc1cc(CN(C)C[C@@H](O)CO)ccc1OCc1c(C)nn(-c2ccccc2)c1Cl. The topological polar surface area (TPSA) is 80.0 Å². The molecule has 166 valence electrons. The number of halogens is 1. The predicted octanol–water partition coefficient (Wildman–Crippen LogP) is 3.21. The van der Waals surface area contributed by atoms with Gasteiger partial charge in [0.2, 0.25) is 0 Å². The third-order valence-corrected chi connectivity index (χ3v) is 5.30. The van der Waals surface area contributed by atoms with E-state index in [1.165, 1.54) is 0 Å². The molecule has 1 aromatic heterocycles. The number of hydrogen-bond donors (Lipinski definition) is 2. The number of benzene rings is 2. The van der Waals surface area contributed by atoms with Crippen molar-refractivity contribution in [3.05, 3.63) is 70.5 Å². The third kappa shape index (κ3) is 5.77. The molecule has 8 heteroatoms. The molecule has 3 aromatic rings. The molecule has 0 unspecified atom stereocenters. The van der Waals surface area contributed by atoms with Crippen LogP contribution in [0.1, 0.15) is 16.8 Å². The lowest BCUT2D eigenvalue weighted by Crippen LogP contribution is -2.30. The van der Waals surface area contributed by atoms with E-state index in [1.807, 2.05) is 67.4 Å². The van der Waals surface area contributed by atoms with Crippen molar-refractivity contribution in [3.63, 3.8) is 0 Å². The van der Waals surface area contributed by atoms with Gasteiger partial charge in [-0.25, -0.2) is 4.68 Å². The van der Waals surface area contributed by atoms with E-state index in [0.717, 1.165) is 22.5 Å². The van der Waals surface area contributed by atoms with Gasteiger partial charge in [-0.15, -0.1) is 0 Å². The van der Waals surface area contributed by atoms with Crippen LogP contribution < -0.4 is 9.47 Å². The van der Waals surface area contributed by atoms with Crippen LogP contribution in [0.5, 0.6) is 11.5 Å². The average Bonchev–Trinajstić information content (AvgIpc) is 3.06. The molecular formula is C23H28ClN3O4. The molecule has 0 radical (unpaired) electrons. The van der Waals surface area contributed by atoms with Crippen molar-refractivity contribution >= 4 is 11.6 Å². The summed E-state index contributed by atoms with van der Waals surface area (Å²) in [5.74, 6) is 1.21. The Balaban J connectivity index is 1.71. The molecule has 0 saturated carbocycles. The van der Waals surface area contributed by atoms with Gasteiger partial charge in [-0.3, -0.25) is 4.90 Å². The number of ether oxygens (including phenoxy) is 2. The Morgan fingerprint density at radius 2 is 1.90 bits per heavy atom. The van der Waals surface area contributed by atoms with Crippen LogP contribution in [0.4, 0.5) is 0 Å². The smallest absolute Gasteiger partial charge is 0.161 e. The highest BCUT2D eigenvalue weighted by atomic mass is 35.5. The number of aliphatic hydroxyl groups excluding tert-OH is 2. The van der Waals surface area contributed by atoms with Gasteiger partial charge in [0, 0.05) is 18.7 Å². The lowest BCUT2D eigenvalue weighted by molar-refractivity contribution is 0.0648. The van der Waals surface area contributed by atoms with E-state index in [4.69, 9.17) is 26.2 Å². The minimum atomic E-state index is -0.765. The first-order valence-electron chi connectivity index (χ1n) is 9.99. The lowest BCUT2D eigenvalue weighted by Gasteiger charge is -2.20. The highest BCUT2D eigenvalue weighted by molar-refractivity contribution is 6.30. The van der Waals surface area contributed by atoms with E-state index in [1.54, 1.807) is 11.8 Å². The minimum Gasteiger partial charge on any atom is -0.493 e. The first-order valence-corrected chi connectivity index (χ1v) is 10.4. The van der Waals surface area contributed by atoms with Gasteiger partial charge in [0.05, 0.1) is 31.2 Å². The van der Waals surface area contributed by atoms with Crippen molar-refractivity contribution in [3.8, 4) is 17.2 Å². The number of aryl methyl sites for hydroxylation is 1. The van der Waals surface area contributed by atoms with Crippen LogP contribution in [0.25, 0.3) is 5.69 Å². The molecule has 0 amide bonds. The molecule has 1 atom stereocenters. The Labute approximate surface area is 187 Å². The summed E-state index contributed by atoms with van der Waals surface area (Å²) in [6, 6.07) is 15.4. The molecule has 2 aromatic carbocycles. The minimum absolute atomic E-state index is 0.260. The molecule has 3 rings (SSSR count). The van der Waals surface area contributed by atoms with Crippen LogP contribution in [0, 0.1) is 6.92 Å². The Kier molecular flexibility index (Phi) is 7.92. The largest absolute Gasteiger partial charge is 0.493 e. The number of rotatable bonds is 10. The summed E-state index contributed by atoms with van der Waals surface area (Å²) < 4.78 is 13.2. The average molecular weight is 446 g/mol. The molecule has 0 spiro atoms. The first kappa shape index (κ1) is 23.1. The highest BCUT2D eigenvalue weighted by Gasteiger charge is 2.17. The van der Waals surface area contributed by atoms with Crippen molar-refractivity contribution in [2.45, 2.75) is 26.2 Å². The lowest BCUT2D eigenvalue weighted by atomic mass is 10.2. The molecule has 0 aliphatic rings. The van der Waals surface area contributed by atoms with E-state index in [0.29, 0.717) is 29.7 Å². The fourth-order valence-corrected chi connectivity index (χ4v) is 3.64. The van der Waals surface area contributed by atoms with Crippen LogP contribution in [0.15, 0.2) is 48.5 Å². The molecule has 0 bridgehead atoms. The molecule has 7 nitrogen and oxygen atoms in total. The molecule has 31 heavy (non-hydrogen) atoms. The fourth-order valence-electron chi connectivity index (χ4n) is 3.31. The van der Waals surface area contributed by atoms with Crippen molar-refractivity contribution < 1.29 is 19.7 Å². The van der Waals surface area contributed by atoms with Crippen molar-refractivity contribution in [1.29, 1.82) is 0 Å². The maximum absolute atomic E-state index is 9.59. The van der Waals surface area contributed by atoms with Gasteiger partial charge in [0.1, 0.15) is 11.8 Å². The van der Waals surface area contributed by atoms with Crippen LogP contribution in [-0.4, -0.2) is 58.3 Å². The second kappa shape index (κ2) is 10.6. The van der Waals surface area contributed by atoms with Gasteiger partial charge in [-0.1, -0.05) is 35.9 Å². The van der Waals surface area contributed by atoms with Gasteiger partial charge in [0.15, 0.2) is 11.5 Å². The number of likely N-dealkylation sites (N-methyl/N-ethyl adjacent to an activating group) is 1. The first-order chi connectivity index (χ1) is 14.9. The van der Waals surface area contributed by atoms with Gasteiger partial charge in [-0.2, -0.15) is 5.10 Å². The van der Waals surface area contributed by atoms with Gasteiger partial charge in [-0.05, 0) is 43.8 Å². The molecule has 1 heterocycles. The number of methoxy groups -OCH3 is 1. The zero-order valence-corrected chi connectivity index (χ0v) is 18.7. The normalized spacial score (nSPS) is 12.2. The van der Waals surface area contributed by atoms with E-state index < -0.39 is 6.10 Å². The summed E-state index contributed by atoms with van der Waals surface area (Å²) in [5.41, 5.74) is 3.50. The number of hydrogen-bond acceptors (Lipinski definition) is 6. The van der Waals surface area contributed by atoms with Gasteiger partial charge < -0.3 is 19.7 Å². The standard InChI is InChI=1S/C23H28ClN3O4/c1-16-20(23(24)27(25-16)18-7-5-4-6-8-18)15-31-21-10-9-17(11-22(21)30-3)12-26(2)13-19(29)14-28/h4-11,19,28-29H,12-15H2,1-3H3/t19-/m1/s1. The summed E-state index contributed by atoms with van der Waals surface area (Å²) in [6.45, 7) is 2.88. The van der Waals surface area contributed by atoms with Crippen LogP contribution >= 0.6 is 11.6 Å². The second-order valence-electron chi connectivity index (χ2n) is 7.41. The number of para-hydroxylation sites is 1. The van der Waals surface area contributed by atoms with Crippen molar-refractivity contribution in [1.82, 2.24) is 14.7 Å². The van der Waals surface area contributed by atoms with Crippen LogP contribution in [0.2, 0.25) is 5.15 Å². The van der Waals surface area contributed by atoms with Crippen LogP contribution in [0.3, 0.4) is 0 Å². The number of aromatic nitrogens is 2. The summed E-state index contributed by atoms with van der Waals surface area (Å²) >= 11 is 6.59. The van der Waals surface area contributed by atoms with E-state index in [-0.39, 0.29) is 13.2 Å². The second-order valence-corrected chi connectivity index (χ2v) is 7.77. The fraction of sp³-hybridized carbons (Fsp3) is 0.348. The monoisotopic (exact) mass is 445 g/mol. The Hall–Kier alpha value is -2.58. The summed E-state index contributed by atoms with van der Waals surface area (Å²) in [5, 5.41) is 23.7. The van der Waals surface area contributed by atoms with Gasteiger partial charge in [0.25, 0.3) is 0 Å². The third-order valence-electron chi connectivity index (χ3n) is 4.91. The maximum atomic E-state index is 9.59. The summed E-state index contributed by atoms with van der Waals surface area (Å²) in [4.78, 5) is 1.93. The van der Waals surface area contributed by atoms with Crippen molar-refractivity contribution in [2.24, 2.45) is 0 Å². The zero-order chi connectivity index (χ0) is 22.4. The Bertz CT molecular complexity index is 994. The molecule has 0 aliphatic heterocycles. The van der Waals surface area contributed by atoms with E-state index >= 15 is 0 Å². The summed E-state index contributed by atoms with van der Waals surface area (Å²) in [6.07, 6.45) is -0.765. The quantitative estimate of drug-likeness (QED) is 0.499. The van der Waals surface area contributed by atoms with Crippen LogP contribution in [-0.2, 0) is 13.2 Å². The van der Waals surface area contributed by atoms with Gasteiger partial charge >= 0.3 is 0 Å². The summed E-state index contributed by atoms with van der Waals surface area (Å²) in [7, 11) is 3.47. The molecular weight excluding hydrogens is 418 g/mol. The molecule has 2 N–H and O–H groups in total. The predicted molar refractivity (Wildman–Crippen MR) is 120 cm³/mol. The zero-order valence-electron chi connectivity index (χ0n) is 18.0. The van der Waals surface area contributed by atoms with Crippen molar-refractivity contribution in [2.75, 3.05) is 27.3 Å². The Morgan fingerprint density at radius 3 is 2.58 bits per heavy atom. The highest BCUT2D eigenvalue weighted by Crippen LogP contribution is 2.31. The number of nitrogens with zero attached hydrogens (tertiary/aromatic N) is 3. The molecule has 0 saturated heterocycles.